The fourth-order valence-electron chi connectivity index (χ4n) is 6.08. The third kappa shape index (κ3) is 2.79. The zero-order chi connectivity index (χ0) is 25.5. The Morgan fingerprint density at radius 1 is 0.462 bits per heavy atom. The molecule has 39 heavy (non-hydrogen) atoms. The SMILES string of the molecule is c1ccc(-n2c3cccnc3c3nc4c5ccccc5n(-c5ccc6oc7ccccc7c6c5)c4cc32)cc1. The highest BCUT2D eigenvalue weighted by atomic mass is 16.3. The molecular formula is C34H20N4O. The van der Waals surface area contributed by atoms with Gasteiger partial charge in [-0.2, -0.15) is 0 Å². The first-order chi connectivity index (χ1) is 19.3. The third-order valence-electron chi connectivity index (χ3n) is 7.75. The fraction of sp³-hybridized carbons (Fsp3) is 0. The highest BCUT2D eigenvalue weighted by molar-refractivity contribution is 6.14. The Bertz CT molecular complexity index is 2390. The van der Waals surface area contributed by atoms with E-state index in [0.717, 1.165) is 77.3 Å². The Morgan fingerprint density at radius 3 is 2.10 bits per heavy atom. The monoisotopic (exact) mass is 500 g/mol. The van der Waals surface area contributed by atoms with E-state index < -0.39 is 0 Å². The van der Waals surface area contributed by atoms with Crippen LogP contribution in [0.2, 0.25) is 0 Å². The van der Waals surface area contributed by atoms with Crippen molar-refractivity contribution in [2.45, 2.75) is 0 Å². The predicted molar refractivity (Wildman–Crippen MR) is 158 cm³/mol. The lowest BCUT2D eigenvalue weighted by atomic mass is 10.1. The van der Waals surface area contributed by atoms with Gasteiger partial charge in [-0.25, -0.2) is 4.98 Å². The molecule has 0 spiro atoms. The third-order valence-corrected chi connectivity index (χ3v) is 7.75. The fourth-order valence-corrected chi connectivity index (χ4v) is 6.08. The molecule has 9 aromatic rings. The van der Waals surface area contributed by atoms with E-state index in [9.17, 15) is 0 Å². The number of nitrogens with zero attached hydrogens (tertiary/aromatic N) is 4. The normalized spacial score (nSPS) is 12.1. The van der Waals surface area contributed by atoms with Crippen LogP contribution in [-0.2, 0) is 0 Å². The van der Waals surface area contributed by atoms with Crippen LogP contribution in [0, 0.1) is 0 Å². The van der Waals surface area contributed by atoms with Gasteiger partial charge in [-0.15, -0.1) is 0 Å². The molecule has 4 aromatic carbocycles. The van der Waals surface area contributed by atoms with E-state index >= 15 is 0 Å². The lowest BCUT2D eigenvalue weighted by Gasteiger charge is -2.09. The van der Waals surface area contributed by atoms with Crippen molar-refractivity contribution in [3.63, 3.8) is 0 Å². The predicted octanol–water partition coefficient (Wildman–Crippen LogP) is 8.57. The first-order valence-corrected chi connectivity index (χ1v) is 13.0. The highest BCUT2D eigenvalue weighted by Gasteiger charge is 2.20. The molecule has 5 heteroatoms. The van der Waals surface area contributed by atoms with Crippen LogP contribution in [0.1, 0.15) is 0 Å². The maximum absolute atomic E-state index is 6.12. The van der Waals surface area contributed by atoms with E-state index in [2.05, 4.69) is 100 Å². The first-order valence-electron chi connectivity index (χ1n) is 13.0. The Hall–Kier alpha value is -5.42. The van der Waals surface area contributed by atoms with E-state index in [1.165, 1.54) is 0 Å². The van der Waals surface area contributed by atoms with Crippen LogP contribution in [0.15, 0.2) is 126 Å². The average Bonchev–Trinajstić information content (AvgIpc) is 3.63. The van der Waals surface area contributed by atoms with Gasteiger partial charge in [-0.3, -0.25) is 4.98 Å². The van der Waals surface area contributed by atoms with Crippen molar-refractivity contribution in [1.82, 2.24) is 19.1 Å². The molecule has 0 amide bonds. The van der Waals surface area contributed by atoms with Crippen LogP contribution in [0.4, 0.5) is 0 Å². The molecule has 0 unspecified atom stereocenters. The van der Waals surface area contributed by atoms with E-state index in [0.29, 0.717) is 0 Å². The van der Waals surface area contributed by atoms with Crippen LogP contribution < -0.4 is 0 Å². The van der Waals surface area contributed by atoms with Crippen LogP contribution in [0.25, 0.3) is 77.3 Å². The molecule has 0 aliphatic heterocycles. The topological polar surface area (TPSA) is 48.8 Å². The van der Waals surface area contributed by atoms with Gasteiger partial charge in [-0.1, -0.05) is 54.6 Å². The molecule has 5 aromatic heterocycles. The molecule has 0 radical (unpaired) electrons. The molecule has 182 valence electrons. The molecule has 0 bridgehead atoms. The molecule has 0 saturated heterocycles. The summed E-state index contributed by atoms with van der Waals surface area (Å²) in [6.45, 7) is 0. The summed E-state index contributed by atoms with van der Waals surface area (Å²) in [5, 5.41) is 3.33. The molecule has 5 nitrogen and oxygen atoms in total. The first kappa shape index (κ1) is 20.6. The second kappa shape index (κ2) is 7.55. The summed E-state index contributed by atoms with van der Waals surface area (Å²) in [5.74, 6) is 0. The van der Waals surface area contributed by atoms with Crippen molar-refractivity contribution in [3.05, 3.63) is 121 Å². The van der Waals surface area contributed by atoms with Gasteiger partial charge in [0.25, 0.3) is 0 Å². The van der Waals surface area contributed by atoms with Gasteiger partial charge in [0.2, 0.25) is 0 Å². The summed E-state index contributed by atoms with van der Waals surface area (Å²) in [4.78, 5) is 10.1. The molecule has 0 aliphatic carbocycles. The Labute approximate surface area is 222 Å². The molecule has 9 rings (SSSR count). The lowest BCUT2D eigenvalue weighted by molar-refractivity contribution is 0.669. The van der Waals surface area contributed by atoms with Gasteiger partial charge in [0, 0.05) is 33.7 Å². The second-order valence-corrected chi connectivity index (χ2v) is 9.90. The molecular weight excluding hydrogens is 480 g/mol. The molecule has 0 fully saturated rings. The highest BCUT2D eigenvalue weighted by Crippen LogP contribution is 2.38. The minimum atomic E-state index is 0.886. The van der Waals surface area contributed by atoms with Crippen LogP contribution in [-0.4, -0.2) is 19.1 Å². The largest absolute Gasteiger partial charge is 0.456 e. The zero-order valence-corrected chi connectivity index (χ0v) is 20.7. The standard InChI is InChI=1S/C34H20N4O/c1-2-9-21(10-3-1)37-27-14-8-18-35-33(27)34-29(37)20-28-32(36-34)24-12-4-6-13-26(24)38(28)22-16-17-31-25(19-22)23-11-5-7-15-30(23)39-31/h1-20H. The summed E-state index contributed by atoms with van der Waals surface area (Å²) in [6.07, 6.45) is 1.84. The Morgan fingerprint density at radius 2 is 1.18 bits per heavy atom. The van der Waals surface area contributed by atoms with E-state index in [4.69, 9.17) is 14.4 Å². The molecule has 0 N–H and O–H groups in total. The van der Waals surface area contributed by atoms with Crippen molar-refractivity contribution >= 4 is 65.9 Å². The molecule has 5 heterocycles. The molecule has 0 saturated carbocycles. The number of para-hydroxylation sites is 3. The Balaban J connectivity index is 1.44. The number of pyridine rings is 2. The van der Waals surface area contributed by atoms with Crippen molar-refractivity contribution in [2.24, 2.45) is 0 Å². The summed E-state index contributed by atoms with van der Waals surface area (Å²) in [6, 6.07) is 39.9. The number of benzene rings is 4. The van der Waals surface area contributed by atoms with Crippen molar-refractivity contribution in [3.8, 4) is 11.4 Å². The van der Waals surface area contributed by atoms with E-state index in [-0.39, 0.29) is 0 Å². The van der Waals surface area contributed by atoms with Crippen molar-refractivity contribution < 1.29 is 4.42 Å². The van der Waals surface area contributed by atoms with E-state index in [1.54, 1.807) is 0 Å². The summed E-state index contributed by atoms with van der Waals surface area (Å²) in [7, 11) is 0. The average molecular weight is 501 g/mol. The summed E-state index contributed by atoms with van der Waals surface area (Å²) < 4.78 is 10.7. The Kier molecular flexibility index (Phi) is 3.99. The van der Waals surface area contributed by atoms with Gasteiger partial charge in [0.15, 0.2) is 0 Å². The summed E-state index contributed by atoms with van der Waals surface area (Å²) >= 11 is 0. The maximum Gasteiger partial charge on any atom is 0.135 e. The van der Waals surface area contributed by atoms with Crippen LogP contribution in [0.5, 0.6) is 0 Å². The van der Waals surface area contributed by atoms with Gasteiger partial charge < -0.3 is 13.6 Å². The van der Waals surface area contributed by atoms with Gasteiger partial charge in [0.1, 0.15) is 22.2 Å². The van der Waals surface area contributed by atoms with E-state index in [1.807, 2.05) is 30.5 Å². The summed E-state index contributed by atoms with van der Waals surface area (Å²) in [5.41, 5.74) is 11.0. The molecule has 0 aliphatic rings. The number of hydrogen-bond donors (Lipinski definition) is 0. The molecule has 0 atom stereocenters. The minimum Gasteiger partial charge on any atom is -0.456 e. The number of hydrogen-bond acceptors (Lipinski definition) is 3. The number of rotatable bonds is 2. The minimum absolute atomic E-state index is 0.886. The van der Waals surface area contributed by atoms with Gasteiger partial charge in [0.05, 0.1) is 27.6 Å². The second-order valence-electron chi connectivity index (χ2n) is 9.90. The lowest BCUT2D eigenvalue weighted by Crippen LogP contribution is -1.96. The number of furan rings is 1. The maximum atomic E-state index is 6.12. The smallest absolute Gasteiger partial charge is 0.135 e. The number of aromatic nitrogens is 4. The zero-order valence-electron chi connectivity index (χ0n) is 20.7. The van der Waals surface area contributed by atoms with Crippen molar-refractivity contribution in [1.29, 1.82) is 0 Å². The van der Waals surface area contributed by atoms with Gasteiger partial charge in [-0.05, 0) is 60.7 Å². The van der Waals surface area contributed by atoms with Crippen molar-refractivity contribution in [2.75, 3.05) is 0 Å². The van der Waals surface area contributed by atoms with Crippen LogP contribution >= 0.6 is 0 Å². The van der Waals surface area contributed by atoms with Crippen LogP contribution in [0.3, 0.4) is 0 Å². The quantitative estimate of drug-likeness (QED) is 0.239. The van der Waals surface area contributed by atoms with Gasteiger partial charge >= 0.3 is 0 Å². The number of fused-ring (bicyclic) bond motifs is 9.